The fraction of sp³-hybridized carbons (Fsp3) is 0.409. The van der Waals surface area contributed by atoms with E-state index in [2.05, 4.69) is 15.2 Å². The first-order valence-corrected chi connectivity index (χ1v) is 9.72. The minimum Gasteiger partial charge on any atom is -0.497 e. The second-order valence-electron chi connectivity index (χ2n) is 6.62. The topological polar surface area (TPSA) is 55.3 Å². The van der Waals surface area contributed by atoms with E-state index in [1.165, 1.54) is 0 Å². The number of ether oxygens (including phenoxy) is 3. The highest BCUT2D eigenvalue weighted by molar-refractivity contribution is 14.0. The average molecular weight is 511 g/mol. The molecule has 0 saturated carbocycles. The first-order chi connectivity index (χ1) is 13.8. The van der Waals surface area contributed by atoms with Gasteiger partial charge in [0.25, 0.3) is 0 Å². The van der Waals surface area contributed by atoms with Crippen LogP contribution in [-0.4, -0.2) is 57.4 Å². The van der Waals surface area contributed by atoms with Crippen molar-refractivity contribution in [3.8, 4) is 17.2 Å². The van der Waals surface area contributed by atoms with Gasteiger partial charge in [-0.3, -0.25) is 4.99 Å². The number of piperidine rings is 1. The van der Waals surface area contributed by atoms with Crippen LogP contribution < -0.4 is 19.5 Å². The molecule has 3 rings (SSSR count). The third-order valence-electron chi connectivity index (χ3n) is 4.69. The number of rotatable bonds is 7. The van der Waals surface area contributed by atoms with Crippen LogP contribution in [0.2, 0.25) is 0 Å². The van der Waals surface area contributed by atoms with Crippen molar-refractivity contribution in [1.82, 2.24) is 10.2 Å². The van der Waals surface area contributed by atoms with Crippen LogP contribution in [0.25, 0.3) is 0 Å². The van der Waals surface area contributed by atoms with Crippen LogP contribution in [0, 0.1) is 0 Å². The molecule has 0 atom stereocenters. The molecular formula is C22H30IN3O3. The number of methoxy groups -OCH3 is 1. The third kappa shape index (κ3) is 7.30. The van der Waals surface area contributed by atoms with Gasteiger partial charge in [0.05, 0.1) is 13.7 Å². The lowest BCUT2D eigenvalue weighted by molar-refractivity contribution is 0.129. The molecule has 6 nitrogen and oxygen atoms in total. The molecule has 29 heavy (non-hydrogen) atoms. The summed E-state index contributed by atoms with van der Waals surface area (Å²) in [5.41, 5.74) is 0. The molecule has 1 N–H and O–H groups in total. The molecule has 0 radical (unpaired) electrons. The molecule has 1 fully saturated rings. The molecule has 2 aromatic carbocycles. The van der Waals surface area contributed by atoms with Gasteiger partial charge < -0.3 is 24.4 Å². The summed E-state index contributed by atoms with van der Waals surface area (Å²) < 4.78 is 17.1. The van der Waals surface area contributed by atoms with Crippen molar-refractivity contribution in [2.24, 2.45) is 4.99 Å². The first-order valence-electron chi connectivity index (χ1n) is 9.72. The number of hydrogen-bond acceptors (Lipinski definition) is 4. The van der Waals surface area contributed by atoms with Crippen LogP contribution in [0.4, 0.5) is 0 Å². The maximum absolute atomic E-state index is 6.07. The van der Waals surface area contributed by atoms with Gasteiger partial charge >= 0.3 is 0 Å². The number of guanidine groups is 1. The summed E-state index contributed by atoms with van der Waals surface area (Å²) >= 11 is 0. The summed E-state index contributed by atoms with van der Waals surface area (Å²) in [6.45, 7) is 3.09. The van der Waals surface area contributed by atoms with E-state index in [4.69, 9.17) is 14.2 Å². The van der Waals surface area contributed by atoms with Gasteiger partial charge in [-0.15, -0.1) is 24.0 Å². The zero-order valence-corrected chi connectivity index (χ0v) is 19.4. The van der Waals surface area contributed by atoms with Crippen molar-refractivity contribution in [1.29, 1.82) is 0 Å². The van der Waals surface area contributed by atoms with Gasteiger partial charge in [-0.05, 0) is 24.3 Å². The minimum atomic E-state index is 0. The van der Waals surface area contributed by atoms with Crippen molar-refractivity contribution in [2.75, 3.05) is 40.4 Å². The Labute approximate surface area is 190 Å². The number of nitrogens with zero attached hydrogens (tertiary/aromatic N) is 2. The van der Waals surface area contributed by atoms with E-state index in [0.29, 0.717) is 13.2 Å². The van der Waals surface area contributed by atoms with Gasteiger partial charge in [-0.25, -0.2) is 0 Å². The maximum atomic E-state index is 6.07. The van der Waals surface area contributed by atoms with E-state index in [0.717, 1.165) is 49.1 Å². The molecule has 1 heterocycles. The van der Waals surface area contributed by atoms with Gasteiger partial charge in [0.1, 0.15) is 30.0 Å². The monoisotopic (exact) mass is 511 g/mol. The van der Waals surface area contributed by atoms with Gasteiger partial charge in [-0.2, -0.15) is 0 Å². The van der Waals surface area contributed by atoms with Crippen molar-refractivity contribution in [2.45, 2.75) is 18.9 Å². The molecule has 0 aromatic heterocycles. The summed E-state index contributed by atoms with van der Waals surface area (Å²) in [5, 5.41) is 3.38. The van der Waals surface area contributed by atoms with Crippen LogP contribution in [0.15, 0.2) is 59.6 Å². The highest BCUT2D eigenvalue weighted by Crippen LogP contribution is 2.19. The molecule has 0 unspecified atom stereocenters. The summed E-state index contributed by atoms with van der Waals surface area (Å²) in [7, 11) is 3.47. The van der Waals surface area contributed by atoms with E-state index in [1.807, 2.05) is 61.6 Å². The largest absolute Gasteiger partial charge is 0.497 e. The fourth-order valence-electron chi connectivity index (χ4n) is 3.23. The Morgan fingerprint density at radius 2 is 1.72 bits per heavy atom. The molecular weight excluding hydrogens is 481 g/mol. The van der Waals surface area contributed by atoms with E-state index in [9.17, 15) is 0 Å². The quantitative estimate of drug-likeness (QED) is 0.265. The Hall–Kier alpha value is -2.16. The number of aliphatic imine (C=N–C) groups is 1. The lowest BCUT2D eigenvalue weighted by Crippen LogP contribution is -2.48. The molecule has 7 heteroatoms. The SMILES string of the molecule is CN=C(NCCOc1cccc(OC)c1)N1CCC(Oc2ccccc2)CC1.I. The van der Waals surface area contributed by atoms with Crippen LogP contribution in [0.3, 0.4) is 0 Å². The van der Waals surface area contributed by atoms with Crippen LogP contribution >= 0.6 is 24.0 Å². The second-order valence-corrected chi connectivity index (χ2v) is 6.62. The molecule has 1 aliphatic rings. The first kappa shape index (κ1) is 23.1. The zero-order chi connectivity index (χ0) is 19.6. The number of hydrogen-bond donors (Lipinski definition) is 1. The van der Waals surface area contributed by atoms with Crippen molar-refractivity contribution in [3.05, 3.63) is 54.6 Å². The molecule has 0 aliphatic carbocycles. The predicted octanol–water partition coefficient (Wildman–Crippen LogP) is 3.81. The molecule has 1 aliphatic heterocycles. The Morgan fingerprint density at radius 3 is 2.41 bits per heavy atom. The lowest BCUT2D eigenvalue weighted by atomic mass is 10.1. The molecule has 0 spiro atoms. The number of likely N-dealkylation sites (tertiary alicyclic amines) is 1. The maximum Gasteiger partial charge on any atom is 0.193 e. The third-order valence-corrected chi connectivity index (χ3v) is 4.69. The highest BCUT2D eigenvalue weighted by atomic mass is 127. The Morgan fingerprint density at radius 1 is 1.03 bits per heavy atom. The lowest BCUT2D eigenvalue weighted by Gasteiger charge is -2.34. The average Bonchev–Trinajstić information content (AvgIpc) is 2.75. The zero-order valence-electron chi connectivity index (χ0n) is 17.0. The van der Waals surface area contributed by atoms with Gasteiger partial charge in [-0.1, -0.05) is 24.3 Å². The summed E-state index contributed by atoms with van der Waals surface area (Å²) in [4.78, 5) is 6.68. The highest BCUT2D eigenvalue weighted by Gasteiger charge is 2.22. The summed E-state index contributed by atoms with van der Waals surface area (Å²) in [5.74, 6) is 3.45. The van der Waals surface area contributed by atoms with E-state index < -0.39 is 0 Å². The van der Waals surface area contributed by atoms with Crippen molar-refractivity contribution >= 4 is 29.9 Å². The van der Waals surface area contributed by atoms with E-state index in [-0.39, 0.29) is 30.1 Å². The smallest absolute Gasteiger partial charge is 0.193 e. The van der Waals surface area contributed by atoms with Crippen LogP contribution in [0.5, 0.6) is 17.2 Å². The fourth-order valence-corrected chi connectivity index (χ4v) is 3.23. The van der Waals surface area contributed by atoms with Crippen molar-refractivity contribution < 1.29 is 14.2 Å². The summed E-state index contributed by atoms with van der Waals surface area (Å²) in [6.07, 6.45) is 2.22. The second kappa shape index (κ2) is 12.4. The van der Waals surface area contributed by atoms with Crippen LogP contribution in [-0.2, 0) is 0 Å². The Kier molecular flexibility index (Phi) is 9.90. The number of para-hydroxylation sites is 1. The molecule has 0 bridgehead atoms. The summed E-state index contributed by atoms with van der Waals surface area (Å²) in [6, 6.07) is 17.7. The molecule has 0 amide bonds. The normalized spacial score (nSPS) is 14.7. The Balaban J connectivity index is 0.00000300. The van der Waals surface area contributed by atoms with Crippen LogP contribution in [0.1, 0.15) is 12.8 Å². The molecule has 158 valence electrons. The molecule has 2 aromatic rings. The Bertz CT molecular complexity index is 750. The van der Waals surface area contributed by atoms with Gasteiger partial charge in [0, 0.05) is 39.0 Å². The number of halogens is 1. The van der Waals surface area contributed by atoms with Crippen molar-refractivity contribution in [3.63, 3.8) is 0 Å². The standard InChI is InChI=1S/C22H29N3O3.HI/c1-23-22(24-13-16-27-21-10-6-9-20(17-21)26-2)25-14-11-19(12-15-25)28-18-7-4-3-5-8-18;/h3-10,17,19H,11-16H2,1-2H3,(H,23,24);1H. The van der Waals surface area contributed by atoms with Gasteiger partial charge in [0.2, 0.25) is 0 Å². The molecule has 1 saturated heterocycles. The minimum absolute atomic E-state index is 0. The van der Waals surface area contributed by atoms with E-state index in [1.54, 1.807) is 7.11 Å². The van der Waals surface area contributed by atoms with Gasteiger partial charge in [0.15, 0.2) is 5.96 Å². The number of benzene rings is 2. The van der Waals surface area contributed by atoms with E-state index >= 15 is 0 Å². The number of nitrogens with one attached hydrogen (secondary N) is 1. The predicted molar refractivity (Wildman–Crippen MR) is 127 cm³/mol.